The molecule has 7 heteroatoms. The van der Waals surface area contributed by atoms with Gasteiger partial charge >= 0.3 is 0 Å². The highest BCUT2D eigenvalue weighted by Crippen LogP contribution is 2.28. The van der Waals surface area contributed by atoms with Gasteiger partial charge in [0, 0.05) is 31.5 Å². The first-order valence-corrected chi connectivity index (χ1v) is 7.97. The van der Waals surface area contributed by atoms with Crippen LogP contribution in [0.4, 0.5) is 11.5 Å². The maximum absolute atomic E-state index is 12.3. The van der Waals surface area contributed by atoms with E-state index >= 15 is 0 Å². The van der Waals surface area contributed by atoms with Crippen molar-refractivity contribution in [3.05, 3.63) is 42.6 Å². The van der Waals surface area contributed by atoms with Crippen molar-refractivity contribution < 1.29 is 4.79 Å². The van der Waals surface area contributed by atoms with Gasteiger partial charge in [0.1, 0.15) is 11.5 Å². The average Bonchev–Trinajstić information content (AvgIpc) is 2.55. The minimum Gasteiger partial charge on any atom is -0.378 e. The predicted molar refractivity (Wildman–Crippen MR) is 106 cm³/mol. The summed E-state index contributed by atoms with van der Waals surface area (Å²) in [4.78, 5) is 18.6. The third kappa shape index (κ3) is 5.16. The van der Waals surface area contributed by atoms with Crippen molar-refractivity contribution in [2.45, 2.75) is 25.4 Å². The number of nitrogens with two attached hydrogens (primary N) is 2. The zero-order valence-corrected chi connectivity index (χ0v) is 15.6. The summed E-state index contributed by atoms with van der Waals surface area (Å²) in [6.45, 7) is 1.93. The number of amides is 1. The molecule has 5 N–H and O–H groups in total. The monoisotopic (exact) mass is 363 g/mol. The van der Waals surface area contributed by atoms with E-state index in [1.165, 1.54) is 0 Å². The van der Waals surface area contributed by atoms with Gasteiger partial charge in [-0.3, -0.25) is 4.79 Å². The Balaban J connectivity index is 0.00000312. The normalized spacial score (nSPS) is 10.8. The Bertz CT molecular complexity index is 701. The van der Waals surface area contributed by atoms with E-state index in [9.17, 15) is 4.79 Å². The van der Waals surface area contributed by atoms with Gasteiger partial charge in [-0.05, 0) is 36.2 Å². The van der Waals surface area contributed by atoms with Crippen LogP contribution in [0.1, 0.15) is 19.8 Å². The van der Waals surface area contributed by atoms with Crippen molar-refractivity contribution in [1.29, 1.82) is 0 Å². The Hall–Kier alpha value is -2.15. The Morgan fingerprint density at radius 1 is 1.20 bits per heavy atom. The Labute approximate surface area is 155 Å². The van der Waals surface area contributed by atoms with Crippen LogP contribution in [0.15, 0.2) is 42.6 Å². The number of nitrogens with zero attached hydrogens (tertiary/aromatic N) is 2. The fourth-order valence-electron chi connectivity index (χ4n) is 2.43. The molecule has 0 aliphatic heterocycles. The molecule has 0 spiro atoms. The molecule has 0 atom stereocenters. The molecule has 136 valence electrons. The lowest BCUT2D eigenvalue weighted by molar-refractivity contribution is -0.121. The number of pyridine rings is 1. The summed E-state index contributed by atoms with van der Waals surface area (Å²) in [5, 5.41) is 2.76. The van der Waals surface area contributed by atoms with Crippen molar-refractivity contribution in [3.8, 4) is 11.1 Å². The van der Waals surface area contributed by atoms with Crippen molar-refractivity contribution in [1.82, 2.24) is 4.98 Å². The third-order valence-corrected chi connectivity index (χ3v) is 3.82. The molecule has 2 aromatic rings. The molecule has 0 aliphatic carbocycles. The van der Waals surface area contributed by atoms with Gasteiger partial charge in [-0.2, -0.15) is 0 Å². The summed E-state index contributed by atoms with van der Waals surface area (Å²) in [6, 6.07) is 11.7. The van der Waals surface area contributed by atoms with Crippen LogP contribution in [-0.2, 0) is 4.79 Å². The number of halogens is 1. The number of rotatable bonds is 6. The van der Waals surface area contributed by atoms with Gasteiger partial charge in [0.15, 0.2) is 0 Å². The number of carbonyl (C=O) groups excluding carboxylic acids is 1. The molecule has 0 unspecified atom stereocenters. The smallest absolute Gasteiger partial charge is 0.260 e. The molecular formula is C18H26ClN5O. The van der Waals surface area contributed by atoms with Gasteiger partial charge in [-0.1, -0.05) is 25.5 Å². The summed E-state index contributed by atoms with van der Waals surface area (Å²) in [5.41, 5.74) is 13.3. The van der Waals surface area contributed by atoms with Crippen LogP contribution in [0.5, 0.6) is 0 Å². The average molecular weight is 364 g/mol. The van der Waals surface area contributed by atoms with E-state index in [0.29, 0.717) is 12.2 Å². The lowest BCUT2D eigenvalue weighted by atomic mass is 10.0. The molecule has 0 aliphatic rings. The molecule has 1 aromatic heterocycles. The summed E-state index contributed by atoms with van der Waals surface area (Å²) < 4.78 is 0. The number of benzene rings is 1. The third-order valence-electron chi connectivity index (χ3n) is 3.82. The first-order valence-electron chi connectivity index (χ1n) is 7.97. The van der Waals surface area contributed by atoms with Crippen molar-refractivity contribution in [2.24, 2.45) is 11.5 Å². The topological polar surface area (TPSA) is 97.3 Å². The Morgan fingerprint density at radius 3 is 2.40 bits per heavy atom. The van der Waals surface area contributed by atoms with Crippen LogP contribution < -0.4 is 21.7 Å². The molecule has 6 nitrogen and oxygen atoms in total. The van der Waals surface area contributed by atoms with Crippen LogP contribution in [0, 0.1) is 0 Å². The summed E-state index contributed by atoms with van der Waals surface area (Å²) in [5.74, 6) is 0.0192. The fraction of sp³-hybridized carbons (Fsp3) is 0.333. The zero-order chi connectivity index (χ0) is 17.7. The van der Waals surface area contributed by atoms with Gasteiger partial charge in [0.25, 0.3) is 5.91 Å². The maximum atomic E-state index is 12.3. The molecule has 25 heavy (non-hydrogen) atoms. The lowest BCUT2D eigenvalue weighted by Crippen LogP contribution is -2.58. The van der Waals surface area contributed by atoms with E-state index in [2.05, 4.69) is 10.3 Å². The summed E-state index contributed by atoms with van der Waals surface area (Å²) in [7, 11) is 3.97. The molecule has 0 fully saturated rings. The fourth-order valence-corrected chi connectivity index (χ4v) is 2.43. The van der Waals surface area contributed by atoms with E-state index in [0.717, 1.165) is 23.2 Å². The maximum Gasteiger partial charge on any atom is 0.260 e. The van der Waals surface area contributed by atoms with Gasteiger partial charge < -0.3 is 21.7 Å². The molecule has 0 saturated carbocycles. The standard InChI is InChI=1S/C18H25N5O.ClH/c1-4-11-18(19,20)17(24)22-16-15(6-5-12-21-16)13-7-9-14(10-8-13)23(2)3;/h5-10,12H,4,11,19-20H2,1-3H3,(H,21,22,24);1H. The number of hydrogen-bond donors (Lipinski definition) is 3. The van der Waals surface area contributed by atoms with E-state index in [1.54, 1.807) is 6.20 Å². The number of aromatic nitrogens is 1. The van der Waals surface area contributed by atoms with E-state index in [1.807, 2.05) is 62.3 Å². The van der Waals surface area contributed by atoms with Crippen molar-refractivity contribution in [2.75, 3.05) is 24.3 Å². The second kappa shape index (κ2) is 8.80. The van der Waals surface area contributed by atoms with Crippen LogP contribution >= 0.6 is 12.4 Å². The number of carbonyl (C=O) groups is 1. The van der Waals surface area contributed by atoms with Crippen LogP contribution in [0.3, 0.4) is 0 Å². The lowest BCUT2D eigenvalue weighted by Gasteiger charge is -2.23. The van der Waals surface area contributed by atoms with Crippen molar-refractivity contribution >= 4 is 29.8 Å². The highest BCUT2D eigenvalue weighted by Gasteiger charge is 2.28. The SMILES string of the molecule is CCCC(N)(N)C(=O)Nc1ncccc1-c1ccc(N(C)C)cc1.Cl. The van der Waals surface area contributed by atoms with E-state index in [4.69, 9.17) is 11.5 Å². The molecule has 2 rings (SSSR count). The second-order valence-corrected chi connectivity index (χ2v) is 6.09. The highest BCUT2D eigenvalue weighted by atomic mass is 35.5. The van der Waals surface area contributed by atoms with Gasteiger partial charge in [-0.25, -0.2) is 4.98 Å². The minimum atomic E-state index is -1.40. The molecular weight excluding hydrogens is 338 g/mol. The quantitative estimate of drug-likeness (QED) is 0.685. The van der Waals surface area contributed by atoms with Crippen LogP contribution in [-0.4, -0.2) is 30.6 Å². The number of anilines is 2. The van der Waals surface area contributed by atoms with Crippen molar-refractivity contribution in [3.63, 3.8) is 0 Å². The molecule has 0 bridgehead atoms. The minimum absolute atomic E-state index is 0. The number of nitrogens with one attached hydrogen (secondary N) is 1. The Morgan fingerprint density at radius 2 is 1.84 bits per heavy atom. The second-order valence-electron chi connectivity index (χ2n) is 6.09. The molecule has 0 radical (unpaired) electrons. The zero-order valence-electron chi connectivity index (χ0n) is 14.8. The highest BCUT2D eigenvalue weighted by molar-refractivity contribution is 5.99. The summed E-state index contributed by atoms with van der Waals surface area (Å²) in [6.07, 6.45) is 2.75. The van der Waals surface area contributed by atoms with Gasteiger partial charge in [0.05, 0.1) is 0 Å². The molecule has 1 aromatic carbocycles. The van der Waals surface area contributed by atoms with Gasteiger partial charge in [-0.15, -0.1) is 12.4 Å². The van der Waals surface area contributed by atoms with E-state index in [-0.39, 0.29) is 12.4 Å². The van der Waals surface area contributed by atoms with Crippen LogP contribution in [0.25, 0.3) is 11.1 Å². The van der Waals surface area contributed by atoms with Crippen LogP contribution in [0.2, 0.25) is 0 Å². The largest absolute Gasteiger partial charge is 0.378 e. The molecule has 0 saturated heterocycles. The van der Waals surface area contributed by atoms with E-state index < -0.39 is 11.6 Å². The summed E-state index contributed by atoms with van der Waals surface area (Å²) >= 11 is 0. The van der Waals surface area contributed by atoms with Gasteiger partial charge in [0.2, 0.25) is 0 Å². The molecule has 1 amide bonds. The Kier molecular flexibility index (Phi) is 7.36. The molecule has 1 heterocycles. The predicted octanol–water partition coefficient (Wildman–Crippen LogP) is 2.59. The first-order chi connectivity index (χ1) is 11.3. The first kappa shape index (κ1) is 20.9. The number of hydrogen-bond acceptors (Lipinski definition) is 5.